The molecular weight excluding hydrogens is 312 g/mol. The van der Waals surface area contributed by atoms with Crippen LogP contribution in [0.5, 0.6) is 11.5 Å². The quantitative estimate of drug-likeness (QED) is 0.485. The van der Waals surface area contributed by atoms with Crippen LogP contribution >= 0.6 is 0 Å². The van der Waals surface area contributed by atoms with Crippen molar-refractivity contribution in [2.24, 2.45) is 0 Å². The number of ether oxygens (including phenoxy) is 1. The van der Waals surface area contributed by atoms with Crippen molar-refractivity contribution in [1.29, 1.82) is 0 Å². The normalized spacial score (nSPS) is 11.2. The fourth-order valence-electron chi connectivity index (χ4n) is 3.35. The Hall–Kier alpha value is -3.14. The average molecular weight is 332 g/mol. The van der Waals surface area contributed by atoms with Crippen molar-refractivity contribution in [3.63, 3.8) is 0 Å². The zero-order chi connectivity index (χ0) is 17.6. The van der Waals surface area contributed by atoms with Crippen LogP contribution < -0.4 is 4.74 Å². The van der Waals surface area contributed by atoms with Gasteiger partial charge in [0.15, 0.2) is 0 Å². The summed E-state index contributed by atoms with van der Waals surface area (Å²) in [4.78, 5) is 6.89. The van der Waals surface area contributed by atoms with Crippen molar-refractivity contribution in [3.05, 3.63) is 59.8 Å². The topological polar surface area (TPSA) is 61.0 Å². The largest absolute Gasteiger partial charge is 0.507 e. The first-order valence-electron chi connectivity index (χ1n) is 8.22. The van der Waals surface area contributed by atoms with Gasteiger partial charge < -0.3 is 19.8 Å². The van der Waals surface area contributed by atoms with Crippen LogP contribution in [0.3, 0.4) is 0 Å². The van der Waals surface area contributed by atoms with E-state index in [1.165, 1.54) is 5.56 Å². The monoisotopic (exact) mass is 332 g/mol. The van der Waals surface area contributed by atoms with Gasteiger partial charge in [-0.25, -0.2) is 0 Å². The second-order valence-corrected chi connectivity index (χ2v) is 6.34. The second kappa shape index (κ2) is 5.74. The van der Waals surface area contributed by atoms with Crippen LogP contribution in [0.4, 0.5) is 0 Å². The zero-order valence-corrected chi connectivity index (χ0v) is 14.5. The van der Waals surface area contributed by atoms with Crippen molar-refractivity contribution in [2.75, 3.05) is 7.11 Å². The van der Waals surface area contributed by atoms with E-state index < -0.39 is 0 Å². The van der Waals surface area contributed by atoms with Gasteiger partial charge in [0.1, 0.15) is 11.5 Å². The number of aromatic amines is 2. The molecule has 3 N–H and O–H groups in total. The molecule has 0 amide bonds. The van der Waals surface area contributed by atoms with E-state index >= 15 is 0 Å². The summed E-state index contributed by atoms with van der Waals surface area (Å²) < 4.78 is 5.22. The third-order valence-corrected chi connectivity index (χ3v) is 4.59. The van der Waals surface area contributed by atoms with E-state index in [2.05, 4.69) is 23.0 Å². The van der Waals surface area contributed by atoms with Crippen LogP contribution in [0.2, 0.25) is 0 Å². The molecule has 2 aromatic carbocycles. The first-order valence-corrected chi connectivity index (χ1v) is 8.22. The number of hydrogen-bond acceptors (Lipinski definition) is 2. The highest BCUT2D eigenvalue weighted by molar-refractivity contribution is 6.00. The van der Waals surface area contributed by atoms with E-state index in [1.807, 2.05) is 43.3 Å². The Morgan fingerprint density at radius 2 is 1.68 bits per heavy atom. The molecule has 0 saturated heterocycles. The van der Waals surface area contributed by atoms with Gasteiger partial charge in [-0.15, -0.1) is 0 Å². The highest BCUT2D eigenvalue weighted by atomic mass is 16.5. The molecule has 4 rings (SSSR count). The number of aryl methyl sites for hydroxylation is 2. The Kier molecular flexibility index (Phi) is 3.53. The van der Waals surface area contributed by atoms with Gasteiger partial charge in [-0.3, -0.25) is 0 Å². The van der Waals surface area contributed by atoms with Crippen LogP contribution in [0.15, 0.2) is 48.5 Å². The van der Waals surface area contributed by atoms with Crippen molar-refractivity contribution in [3.8, 4) is 34.0 Å². The van der Waals surface area contributed by atoms with Gasteiger partial charge in [0.25, 0.3) is 0 Å². The van der Waals surface area contributed by atoms with Gasteiger partial charge in [0.05, 0.1) is 18.3 Å². The van der Waals surface area contributed by atoms with E-state index in [-0.39, 0.29) is 5.75 Å². The standard InChI is InChI=1S/C21H20N2O2/c1-12-10-13(2)22-20(12)16-8-9-19(24)17-11-18(23-21(16)17)14-4-6-15(25-3)7-5-14/h4-11,22-24H,1-3H3. The predicted octanol–water partition coefficient (Wildman–Crippen LogP) is 5.16. The molecule has 0 radical (unpaired) electrons. The van der Waals surface area contributed by atoms with Crippen LogP contribution in [0.1, 0.15) is 11.3 Å². The summed E-state index contributed by atoms with van der Waals surface area (Å²) >= 11 is 0. The van der Waals surface area contributed by atoms with E-state index in [0.29, 0.717) is 0 Å². The predicted molar refractivity (Wildman–Crippen MR) is 101 cm³/mol. The highest BCUT2D eigenvalue weighted by Gasteiger charge is 2.14. The molecule has 0 spiro atoms. The van der Waals surface area contributed by atoms with Crippen molar-refractivity contribution < 1.29 is 9.84 Å². The van der Waals surface area contributed by atoms with Crippen LogP contribution in [0, 0.1) is 13.8 Å². The number of phenols is 1. The number of hydrogen-bond donors (Lipinski definition) is 3. The number of phenolic OH excluding ortho intramolecular Hbond substituents is 1. The summed E-state index contributed by atoms with van der Waals surface area (Å²) in [7, 11) is 1.66. The highest BCUT2D eigenvalue weighted by Crippen LogP contribution is 2.37. The number of nitrogens with one attached hydrogen (secondary N) is 2. The van der Waals surface area contributed by atoms with Crippen LogP contribution in [-0.4, -0.2) is 22.2 Å². The van der Waals surface area contributed by atoms with Gasteiger partial charge in [-0.2, -0.15) is 0 Å². The van der Waals surface area contributed by atoms with Gasteiger partial charge in [-0.1, -0.05) is 0 Å². The average Bonchev–Trinajstić information content (AvgIpc) is 3.20. The third-order valence-electron chi connectivity index (χ3n) is 4.59. The first-order chi connectivity index (χ1) is 12.1. The molecule has 4 heteroatoms. The van der Waals surface area contributed by atoms with E-state index in [4.69, 9.17) is 4.74 Å². The molecule has 2 aromatic heterocycles. The molecule has 0 aliphatic carbocycles. The van der Waals surface area contributed by atoms with Crippen molar-refractivity contribution in [1.82, 2.24) is 9.97 Å². The van der Waals surface area contributed by atoms with E-state index in [1.54, 1.807) is 13.2 Å². The lowest BCUT2D eigenvalue weighted by molar-refractivity contribution is 0.415. The summed E-state index contributed by atoms with van der Waals surface area (Å²) in [6.45, 7) is 4.14. The molecule has 25 heavy (non-hydrogen) atoms. The van der Waals surface area contributed by atoms with Gasteiger partial charge in [0, 0.05) is 22.3 Å². The maximum absolute atomic E-state index is 10.3. The summed E-state index contributed by atoms with van der Waals surface area (Å²) in [6.07, 6.45) is 0. The Morgan fingerprint density at radius 1 is 0.920 bits per heavy atom. The molecule has 4 nitrogen and oxygen atoms in total. The van der Waals surface area contributed by atoms with Gasteiger partial charge in [0.2, 0.25) is 0 Å². The number of methoxy groups -OCH3 is 1. The molecular formula is C21H20N2O2. The molecule has 0 aliphatic rings. The number of aromatic nitrogens is 2. The lowest BCUT2D eigenvalue weighted by atomic mass is 10.1. The maximum Gasteiger partial charge on any atom is 0.125 e. The second-order valence-electron chi connectivity index (χ2n) is 6.34. The fraction of sp³-hybridized carbons (Fsp3) is 0.143. The number of H-pyrrole nitrogens is 2. The summed E-state index contributed by atoms with van der Waals surface area (Å²) in [6, 6.07) is 15.7. The van der Waals surface area contributed by atoms with Crippen molar-refractivity contribution in [2.45, 2.75) is 13.8 Å². The van der Waals surface area contributed by atoms with E-state index in [0.717, 1.165) is 44.9 Å². The number of rotatable bonds is 3. The minimum absolute atomic E-state index is 0.274. The molecule has 0 unspecified atom stereocenters. The summed E-state index contributed by atoms with van der Waals surface area (Å²) in [5, 5.41) is 11.1. The van der Waals surface area contributed by atoms with Gasteiger partial charge in [-0.05, 0) is 73.5 Å². The molecule has 0 saturated carbocycles. The Bertz CT molecular complexity index is 1060. The SMILES string of the molecule is COc1ccc(-c2cc3c(O)ccc(-c4[nH]c(C)cc4C)c3[nH]2)cc1. The third kappa shape index (κ3) is 2.56. The number of benzene rings is 2. The molecule has 0 aliphatic heterocycles. The van der Waals surface area contributed by atoms with E-state index in [9.17, 15) is 5.11 Å². The molecule has 0 fully saturated rings. The van der Waals surface area contributed by atoms with Crippen LogP contribution in [0.25, 0.3) is 33.4 Å². The van der Waals surface area contributed by atoms with Crippen LogP contribution in [-0.2, 0) is 0 Å². The minimum Gasteiger partial charge on any atom is -0.507 e. The smallest absolute Gasteiger partial charge is 0.125 e. The molecule has 4 aromatic rings. The summed E-state index contributed by atoms with van der Waals surface area (Å²) in [5.41, 5.74) is 7.36. The van der Waals surface area contributed by atoms with Crippen molar-refractivity contribution >= 4 is 10.9 Å². The number of fused-ring (bicyclic) bond motifs is 1. The summed E-state index contributed by atoms with van der Waals surface area (Å²) in [5.74, 6) is 1.09. The Morgan fingerprint density at radius 3 is 2.32 bits per heavy atom. The minimum atomic E-state index is 0.274. The van der Waals surface area contributed by atoms with Gasteiger partial charge >= 0.3 is 0 Å². The lowest BCUT2D eigenvalue weighted by Gasteiger charge is -2.05. The lowest BCUT2D eigenvalue weighted by Crippen LogP contribution is -1.85. The first kappa shape index (κ1) is 15.4. The Labute approximate surface area is 146 Å². The maximum atomic E-state index is 10.3. The number of aromatic hydroxyl groups is 1. The molecule has 126 valence electrons. The zero-order valence-electron chi connectivity index (χ0n) is 14.5. The fourth-order valence-corrected chi connectivity index (χ4v) is 3.35. The molecule has 2 heterocycles. The molecule has 0 bridgehead atoms. The molecule has 0 atom stereocenters. The Balaban J connectivity index is 1.91.